The molecule has 0 amide bonds. The van der Waals surface area contributed by atoms with Gasteiger partial charge in [0.15, 0.2) is 5.82 Å². The molecule has 144 valence electrons. The maximum Gasteiger partial charge on any atom is 0.244 e. The molecule has 0 aliphatic carbocycles. The fourth-order valence-corrected chi connectivity index (χ4v) is 3.02. The Kier molecular flexibility index (Phi) is 5.58. The largest absolute Gasteiger partial charge is 0.378 e. The van der Waals surface area contributed by atoms with Crippen molar-refractivity contribution in [1.82, 2.24) is 15.2 Å². The van der Waals surface area contributed by atoms with Gasteiger partial charge in [0.25, 0.3) is 0 Å². The Hall–Kier alpha value is -3.26. The minimum atomic E-state index is -0.258. The Morgan fingerprint density at radius 3 is 2.64 bits per heavy atom. The Morgan fingerprint density at radius 2 is 1.82 bits per heavy atom. The molecule has 1 aliphatic heterocycles. The van der Waals surface area contributed by atoms with E-state index in [9.17, 15) is 4.39 Å². The van der Waals surface area contributed by atoms with E-state index in [-0.39, 0.29) is 5.82 Å². The smallest absolute Gasteiger partial charge is 0.244 e. The standard InChI is InChI=1S/C20H21FN6O/c21-16-7-5-15(6-8-16)13-22-20-25-19(14-23-26-20)24-17-3-1-2-4-18(17)27-9-11-28-12-10-27/h1-8,14H,9-13H2,(H2,22,24,25,26). The number of hydrogen-bond acceptors (Lipinski definition) is 7. The second-order valence-corrected chi connectivity index (χ2v) is 6.39. The minimum Gasteiger partial charge on any atom is -0.378 e. The van der Waals surface area contributed by atoms with Crippen molar-refractivity contribution in [3.63, 3.8) is 0 Å². The molecule has 3 aromatic rings. The summed E-state index contributed by atoms with van der Waals surface area (Å²) in [5.74, 6) is 0.738. The lowest BCUT2D eigenvalue weighted by atomic mass is 10.2. The number of morpholine rings is 1. The average Bonchev–Trinajstić information content (AvgIpc) is 2.75. The molecule has 8 heteroatoms. The second kappa shape index (κ2) is 8.62. The molecule has 2 heterocycles. The van der Waals surface area contributed by atoms with Crippen LogP contribution < -0.4 is 15.5 Å². The Labute approximate surface area is 162 Å². The maximum atomic E-state index is 13.0. The highest BCUT2D eigenvalue weighted by Gasteiger charge is 2.15. The van der Waals surface area contributed by atoms with Crippen LogP contribution in [-0.4, -0.2) is 41.5 Å². The third-order valence-electron chi connectivity index (χ3n) is 4.44. The molecule has 4 rings (SSSR count). The summed E-state index contributed by atoms with van der Waals surface area (Å²) >= 11 is 0. The number of hydrogen-bond donors (Lipinski definition) is 2. The van der Waals surface area contributed by atoms with Gasteiger partial charge in [-0.05, 0) is 29.8 Å². The number of anilines is 4. The van der Waals surface area contributed by atoms with Gasteiger partial charge in [0.1, 0.15) is 5.82 Å². The molecule has 1 aliphatic rings. The lowest BCUT2D eigenvalue weighted by Crippen LogP contribution is -2.36. The van der Waals surface area contributed by atoms with Gasteiger partial charge >= 0.3 is 0 Å². The van der Waals surface area contributed by atoms with E-state index in [0.29, 0.717) is 18.3 Å². The van der Waals surface area contributed by atoms with Crippen LogP contribution in [0.15, 0.2) is 54.7 Å². The van der Waals surface area contributed by atoms with Gasteiger partial charge in [0.2, 0.25) is 5.95 Å². The summed E-state index contributed by atoms with van der Waals surface area (Å²) in [5.41, 5.74) is 2.99. The summed E-state index contributed by atoms with van der Waals surface area (Å²) < 4.78 is 18.4. The summed E-state index contributed by atoms with van der Waals surface area (Å²) in [6.07, 6.45) is 1.58. The minimum absolute atomic E-state index is 0.258. The van der Waals surface area contributed by atoms with Crippen molar-refractivity contribution in [3.05, 3.63) is 66.1 Å². The van der Waals surface area contributed by atoms with Crippen LogP contribution in [0.4, 0.5) is 27.5 Å². The molecule has 2 aromatic carbocycles. The average molecular weight is 380 g/mol. The summed E-state index contributed by atoms with van der Waals surface area (Å²) in [4.78, 5) is 6.76. The monoisotopic (exact) mass is 380 g/mol. The number of nitrogens with zero attached hydrogens (tertiary/aromatic N) is 4. The molecule has 2 N–H and O–H groups in total. The Balaban J connectivity index is 1.45. The van der Waals surface area contributed by atoms with Crippen molar-refractivity contribution in [1.29, 1.82) is 0 Å². The van der Waals surface area contributed by atoms with Crippen LogP contribution in [0.2, 0.25) is 0 Å². The van der Waals surface area contributed by atoms with Crippen molar-refractivity contribution < 1.29 is 9.13 Å². The topological polar surface area (TPSA) is 75.2 Å². The van der Waals surface area contributed by atoms with E-state index in [1.165, 1.54) is 12.1 Å². The highest BCUT2D eigenvalue weighted by atomic mass is 19.1. The molecule has 7 nitrogen and oxygen atoms in total. The van der Waals surface area contributed by atoms with Crippen LogP contribution in [0.5, 0.6) is 0 Å². The quantitative estimate of drug-likeness (QED) is 0.680. The van der Waals surface area contributed by atoms with Crippen LogP contribution in [0, 0.1) is 5.82 Å². The van der Waals surface area contributed by atoms with Crippen molar-refractivity contribution in [2.45, 2.75) is 6.54 Å². The number of aromatic nitrogens is 3. The van der Waals surface area contributed by atoms with Crippen molar-refractivity contribution in [2.75, 3.05) is 41.8 Å². The van der Waals surface area contributed by atoms with E-state index in [1.54, 1.807) is 18.3 Å². The molecule has 0 atom stereocenters. The molecule has 1 fully saturated rings. The normalized spacial score (nSPS) is 14.0. The first-order chi connectivity index (χ1) is 13.8. The molecule has 0 radical (unpaired) electrons. The molecule has 1 saturated heterocycles. The first-order valence-corrected chi connectivity index (χ1v) is 9.15. The van der Waals surface area contributed by atoms with Gasteiger partial charge in [-0.1, -0.05) is 24.3 Å². The molecule has 0 saturated carbocycles. The first kappa shape index (κ1) is 18.1. The summed E-state index contributed by atoms with van der Waals surface area (Å²) in [6, 6.07) is 14.4. The predicted octanol–water partition coefficient (Wildman–Crippen LogP) is 3.20. The van der Waals surface area contributed by atoms with Gasteiger partial charge in [-0.25, -0.2) is 4.39 Å². The molecular formula is C20H21FN6O. The zero-order valence-corrected chi connectivity index (χ0v) is 15.3. The molecular weight excluding hydrogens is 359 g/mol. The lowest BCUT2D eigenvalue weighted by molar-refractivity contribution is 0.123. The molecule has 28 heavy (non-hydrogen) atoms. The Morgan fingerprint density at radius 1 is 1.04 bits per heavy atom. The van der Waals surface area contributed by atoms with E-state index in [4.69, 9.17) is 4.74 Å². The van der Waals surface area contributed by atoms with Crippen LogP contribution in [0.3, 0.4) is 0 Å². The van der Waals surface area contributed by atoms with E-state index >= 15 is 0 Å². The predicted molar refractivity (Wildman–Crippen MR) is 106 cm³/mol. The number of ether oxygens (including phenoxy) is 1. The summed E-state index contributed by atoms with van der Waals surface area (Å²) in [6.45, 7) is 3.63. The second-order valence-electron chi connectivity index (χ2n) is 6.39. The van der Waals surface area contributed by atoms with Crippen LogP contribution in [0.25, 0.3) is 0 Å². The van der Waals surface area contributed by atoms with Crippen molar-refractivity contribution >= 4 is 23.1 Å². The van der Waals surface area contributed by atoms with Crippen LogP contribution in [-0.2, 0) is 11.3 Å². The van der Waals surface area contributed by atoms with Gasteiger partial charge in [0, 0.05) is 19.6 Å². The zero-order valence-electron chi connectivity index (χ0n) is 15.3. The van der Waals surface area contributed by atoms with Crippen LogP contribution in [0.1, 0.15) is 5.56 Å². The fraction of sp³-hybridized carbons (Fsp3) is 0.250. The SMILES string of the molecule is Fc1ccc(CNc2nncc(Nc3ccccc3N3CCOCC3)n2)cc1. The molecule has 0 spiro atoms. The number of nitrogens with one attached hydrogen (secondary N) is 2. The summed E-state index contributed by atoms with van der Waals surface area (Å²) in [7, 11) is 0. The van der Waals surface area contributed by atoms with Crippen molar-refractivity contribution in [2.24, 2.45) is 0 Å². The molecule has 0 unspecified atom stereocenters. The van der Waals surface area contributed by atoms with Crippen molar-refractivity contribution in [3.8, 4) is 0 Å². The first-order valence-electron chi connectivity index (χ1n) is 9.15. The molecule has 0 bridgehead atoms. The van der Waals surface area contributed by atoms with E-state index in [1.807, 2.05) is 18.2 Å². The molecule has 1 aromatic heterocycles. The summed E-state index contributed by atoms with van der Waals surface area (Å²) in [5, 5.41) is 14.5. The van der Waals surface area contributed by atoms with Crippen LogP contribution >= 0.6 is 0 Å². The van der Waals surface area contributed by atoms with E-state index in [0.717, 1.165) is 43.2 Å². The number of benzene rings is 2. The van der Waals surface area contributed by atoms with Gasteiger partial charge < -0.3 is 20.3 Å². The number of para-hydroxylation sites is 2. The number of halogens is 1. The fourth-order valence-electron chi connectivity index (χ4n) is 3.02. The maximum absolute atomic E-state index is 13.0. The highest BCUT2D eigenvalue weighted by molar-refractivity contribution is 5.74. The highest BCUT2D eigenvalue weighted by Crippen LogP contribution is 2.28. The van der Waals surface area contributed by atoms with Gasteiger partial charge in [0.05, 0.1) is 30.8 Å². The third-order valence-corrected chi connectivity index (χ3v) is 4.44. The van der Waals surface area contributed by atoms with E-state index < -0.39 is 0 Å². The lowest BCUT2D eigenvalue weighted by Gasteiger charge is -2.30. The van der Waals surface area contributed by atoms with Gasteiger partial charge in [-0.3, -0.25) is 0 Å². The zero-order chi connectivity index (χ0) is 19.2. The Bertz CT molecular complexity index is 915. The number of rotatable bonds is 6. The third kappa shape index (κ3) is 4.52. The van der Waals surface area contributed by atoms with Gasteiger partial charge in [-0.2, -0.15) is 10.1 Å². The van der Waals surface area contributed by atoms with E-state index in [2.05, 4.69) is 36.8 Å². The van der Waals surface area contributed by atoms with Gasteiger partial charge in [-0.15, -0.1) is 5.10 Å².